The molecule has 0 amide bonds. The second kappa shape index (κ2) is 5.99. The number of nitrogens with one attached hydrogen (secondary N) is 1. The highest BCUT2D eigenvalue weighted by atomic mass is 15.3. The Morgan fingerprint density at radius 1 is 1.19 bits per heavy atom. The molecule has 94 valence electrons. The van der Waals surface area contributed by atoms with E-state index < -0.39 is 0 Å². The van der Waals surface area contributed by atoms with E-state index in [1.807, 2.05) is 0 Å². The lowest BCUT2D eigenvalue weighted by Gasteiger charge is -2.43. The molecule has 2 aliphatic heterocycles. The van der Waals surface area contributed by atoms with Crippen LogP contribution in [0.2, 0.25) is 0 Å². The Balaban J connectivity index is 1.79. The van der Waals surface area contributed by atoms with Crippen LogP contribution in [-0.2, 0) is 0 Å². The summed E-state index contributed by atoms with van der Waals surface area (Å²) in [4.78, 5) is 5.32. The Labute approximate surface area is 100 Å². The predicted molar refractivity (Wildman–Crippen MR) is 68.7 cm³/mol. The lowest BCUT2D eigenvalue weighted by molar-refractivity contribution is 0.0613. The summed E-state index contributed by atoms with van der Waals surface area (Å²) in [6.07, 6.45) is 2.64. The van der Waals surface area contributed by atoms with Crippen LogP contribution in [0, 0.1) is 5.92 Å². The van der Waals surface area contributed by atoms with E-state index in [9.17, 15) is 0 Å². The van der Waals surface area contributed by atoms with Crippen LogP contribution in [0.4, 0.5) is 0 Å². The molecule has 3 nitrogen and oxygen atoms in total. The quantitative estimate of drug-likeness (QED) is 0.773. The number of nitrogens with zero attached hydrogens (tertiary/aromatic N) is 2. The van der Waals surface area contributed by atoms with Crippen molar-refractivity contribution in [2.75, 3.05) is 45.8 Å². The van der Waals surface area contributed by atoms with Gasteiger partial charge in [-0.1, -0.05) is 13.8 Å². The highest BCUT2D eigenvalue weighted by Gasteiger charge is 2.29. The molecule has 2 fully saturated rings. The average Bonchev–Trinajstić information content (AvgIpc) is 2.31. The Morgan fingerprint density at radius 3 is 2.56 bits per heavy atom. The smallest absolute Gasteiger partial charge is 0.0247 e. The van der Waals surface area contributed by atoms with Gasteiger partial charge in [-0.05, 0) is 31.8 Å². The van der Waals surface area contributed by atoms with Crippen molar-refractivity contribution < 1.29 is 0 Å². The monoisotopic (exact) mass is 225 g/mol. The summed E-state index contributed by atoms with van der Waals surface area (Å²) in [7, 11) is 0. The molecule has 2 rings (SSSR count). The molecule has 16 heavy (non-hydrogen) atoms. The summed E-state index contributed by atoms with van der Waals surface area (Å²) in [5, 5.41) is 3.54. The minimum absolute atomic E-state index is 0.789. The number of rotatable bonds is 3. The highest BCUT2D eigenvalue weighted by Crippen LogP contribution is 2.19. The van der Waals surface area contributed by atoms with Crippen LogP contribution in [0.5, 0.6) is 0 Å². The van der Waals surface area contributed by atoms with Gasteiger partial charge in [0.05, 0.1) is 0 Å². The molecule has 0 bridgehead atoms. The summed E-state index contributed by atoms with van der Waals surface area (Å²) < 4.78 is 0. The topological polar surface area (TPSA) is 18.5 Å². The number of piperazine rings is 1. The zero-order valence-electron chi connectivity index (χ0n) is 10.9. The maximum atomic E-state index is 3.54. The molecular formula is C13H27N3. The molecule has 2 heterocycles. The van der Waals surface area contributed by atoms with Gasteiger partial charge in [-0.2, -0.15) is 0 Å². The van der Waals surface area contributed by atoms with Crippen LogP contribution < -0.4 is 5.32 Å². The molecule has 0 aromatic carbocycles. The molecule has 2 aliphatic rings. The van der Waals surface area contributed by atoms with Crippen LogP contribution in [0.25, 0.3) is 0 Å². The Kier molecular flexibility index (Phi) is 4.62. The first-order chi connectivity index (χ1) is 7.81. The molecule has 0 spiro atoms. The van der Waals surface area contributed by atoms with Crippen molar-refractivity contribution in [2.24, 2.45) is 5.92 Å². The van der Waals surface area contributed by atoms with E-state index in [1.54, 1.807) is 0 Å². The summed E-state index contributed by atoms with van der Waals surface area (Å²) >= 11 is 0. The lowest BCUT2D eigenvalue weighted by atomic mass is 9.93. The maximum Gasteiger partial charge on any atom is 0.0247 e. The van der Waals surface area contributed by atoms with Crippen LogP contribution in [0.1, 0.15) is 26.7 Å². The van der Waals surface area contributed by atoms with Gasteiger partial charge in [0.1, 0.15) is 0 Å². The zero-order valence-corrected chi connectivity index (χ0v) is 10.9. The van der Waals surface area contributed by atoms with Gasteiger partial charge in [0.15, 0.2) is 0 Å². The van der Waals surface area contributed by atoms with E-state index in [2.05, 4.69) is 29.0 Å². The second-order valence-corrected chi connectivity index (χ2v) is 5.42. The minimum Gasteiger partial charge on any atom is -0.315 e. The maximum absolute atomic E-state index is 3.54. The van der Waals surface area contributed by atoms with E-state index in [4.69, 9.17) is 0 Å². The van der Waals surface area contributed by atoms with Gasteiger partial charge in [0.25, 0.3) is 0 Å². The highest BCUT2D eigenvalue weighted by molar-refractivity contribution is 4.86. The molecule has 2 atom stereocenters. The molecule has 1 N–H and O–H groups in total. The molecule has 3 heteroatoms. The third kappa shape index (κ3) is 2.96. The lowest BCUT2D eigenvalue weighted by Crippen LogP contribution is -2.56. The van der Waals surface area contributed by atoms with Crippen LogP contribution >= 0.6 is 0 Å². The van der Waals surface area contributed by atoms with Crippen molar-refractivity contribution in [3.63, 3.8) is 0 Å². The molecular weight excluding hydrogens is 198 g/mol. The van der Waals surface area contributed by atoms with Gasteiger partial charge in [-0.25, -0.2) is 0 Å². The molecule has 0 aliphatic carbocycles. The van der Waals surface area contributed by atoms with Crippen molar-refractivity contribution in [1.29, 1.82) is 0 Å². The van der Waals surface area contributed by atoms with E-state index >= 15 is 0 Å². The first-order valence-electron chi connectivity index (χ1n) is 6.98. The number of piperidine rings is 1. The van der Waals surface area contributed by atoms with Crippen molar-refractivity contribution in [3.05, 3.63) is 0 Å². The Bertz CT molecular complexity index is 199. The predicted octanol–water partition coefficient (Wildman–Crippen LogP) is 1.01. The van der Waals surface area contributed by atoms with E-state index in [0.29, 0.717) is 0 Å². The van der Waals surface area contributed by atoms with Crippen molar-refractivity contribution in [2.45, 2.75) is 32.7 Å². The fraction of sp³-hybridized carbons (Fsp3) is 1.00. The summed E-state index contributed by atoms with van der Waals surface area (Å²) in [6.45, 7) is 13.5. The summed E-state index contributed by atoms with van der Waals surface area (Å²) in [5.74, 6) is 0.874. The van der Waals surface area contributed by atoms with Gasteiger partial charge in [0.2, 0.25) is 0 Å². The second-order valence-electron chi connectivity index (χ2n) is 5.42. The van der Waals surface area contributed by atoms with Gasteiger partial charge in [0, 0.05) is 38.8 Å². The Hall–Kier alpha value is -0.120. The molecule has 2 unspecified atom stereocenters. The third-order valence-electron chi connectivity index (χ3n) is 4.20. The molecule has 0 saturated carbocycles. The van der Waals surface area contributed by atoms with Gasteiger partial charge >= 0.3 is 0 Å². The fourth-order valence-corrected chi connectivity index (χ4v) is 3.10. The molecule has 0 radical (unpaired) electrons. The van der Waals surface area contributed by atoms with Crippen molar-refractivity contribution in [3.8, 4) is 0 Å². The fourth-order valence-electron chi connectivity index (χ4n) is 3.10. The van der Waals surface area contributed by atoms with Gasteiger partial charge in [-0.3, -0.25) is 4.90 Å². The largest absolute Gasteiger partial charge is 0.315 e. The standard InChI is InChI=1S/C13H27N3/c1-3-6-15-7-9-16(10-8-15)13-11-14-5-4-12(13)2/h12-14H,3-11H2,1-2H3. The van der Waals surface area contributed by atoms with E-state index in [-0.39, 0.29) is 0 Å². The molecule has 2 saturated heterocycles. The first-order valence-corrected chi connectivity index (χ1v) is 6.98. The number of hydrogen-bond acceptors (Lipinski definition) is 3. The zero-order chi connectivity index (χ0) is 11.4. The van der Waals surface area contributed by atoms with Crippen LogP contribution in [-0.4, -0.2) is 61.7 Å². The van der Waals surface area contributed by atoms with Gasteiger partial charge < -0.3 is 10.2 Å². The Morgan fingerprint density at radius 2 is 1.94 bits per heavy atom. The van der Waals surface area contributed by atoms with Gasteiger partial charge in [-0.15, -0.1) is 0 Å². The van der Waals surface area contributed by atoms with Crippen LogP contribution in [0.3, 0.4) is 0 Å². The van der Waals surface area contributed by atoms with E-state index in [1.165, 1.54) is 58.7 Å². The number of hydrogen-bond donors (Lipinski definition) is 1. The summed E-state index contributed by atoms with van der Waals surface area (Å²) in [6, 6.07) is 0.789. The average molecular weight is 225 g/mol. The van der Waals surface area contributed by atoms with E-state index in [0.717, 1.165) is 12.0 Å². The van der Waals surface area contributed by atoms with Crippen LogP contribution in [0.15, 0.2) is 0 Å². The van der Waals surface area contributed by atoms with Crippen molar-refractivity contribution >= 4 is 0 Å². The molecule has 0 aromatic heterocycles. The summed E-state index contributed by atoms with van der Waals surface area (Å²) in [5.41, 5.74) is 0. The normalized spacial score (nSPS) is 34.1. The molecule has 0 aromatic rings. The first kappa shape index (κ1) is 12.3. The third-order valence-corrected chi connectivity index (χ3v) is 4.20. The minimum atomic E-state index is 0.789. The SMILES string of the molecule is CCCN1CCN(C2CNCCC2C)CC1. The van der Waals surface area contributed by atoms with Crippen molar-refractivity contribution in [1.82, 2.24) is 15.1 Å².